The lowest BCUT2D eigenvalue weighted by Gasteiger charge is -2.13. The molecule has 2 aromatic heterocycles. The van der Waals surface area contributed by atoms with E-state index < -0.39 is 0 Å². The molecule has 1 fully saturated rings. The van der Waals surface area contributed by atoms with E-state index in [0.29, 0.717) is 13.1 Å². The highest BCUT2D eigenvalue weighted by Crippen LogP contribution is 2.23. The predicted octanol–water partition coefficient (Wildman–Crippen LogP) is 2.97. The molecule has 1 amide bonds. The number of carbonyl (C=O) groups is 1. The van der Waals surface area contributed by atoms with Crippen molar-refractivity contribution in [3.05, 3.63) is 67.1 Å². The molecule has 0 aliphatic carbocycles. The first-order valence-corrected chi connectivity index (χ1v) is 7.77. The van der Waals surface area contributed by atoms with E-state index in [1.807, 2.05) is 53.2 Å². The van der Waals surface area contributed by atoms with E-state index in [0.717, 1.165) is 16.9 Å². The van der Waals surface area contributed by atoms with Gasteiger partial charge in [-0.25, -0.2) is 4.79 Å². The molecule has 3 heterocycles. The lowest BCUT2D eigenvalue weighted by molar-refractivity contribution is 0.130. The summed E-state index contributed by atoms with van der Waals surface area (Å²) < 4.78 is 7.35. The van der Waals surface area contributed by atoms with Gasteiger partial charge < -0.3 is 4.74 Å². The van der Waals surface area contributed by atoms with Crippen molar-refractivity contribution in [2.45, 2.75) is 12.6 Å². The maximum Gasteiger partial charge on any atom is 0.414 e. The lowest BCUT2D eigenvalue weighted by Crippen LogP contribution is -2.26. The van der Waals surface area contributed by atoms with Crippen LogP contribution < -0.4 is 4.90 Å². The van der Waals surface area contributed by atoms with Crippen molar-refractivity contribution in [2.75, 3.05) is 11.4 Å². The van der Waals surface area contributed by atoms with Gasteiger partial charge in [0.15, 0.2) is 0 Å². The topological polar surface area (TPSA) is 60.3 Å². The van der Waals surface area contributed by atoms with E-state index in [1.54, 1.807) is 23.5 Å². The fourth-order valence-electron chi connectivity index (χ4n) is 2.87. The van der Waals surface area contributed by atoms with Crippen molar-refractivity contribution < 1.29 is 9.53 Å². The SMILES string of the molecule is O=C1OC(Cn2nccc2-c2cccnc2)CN1c1ccccc1. The Kier molecular flexibility index (Phi) is 3.70. The van der Waals surface area contributed by atoms with Crippen LogP contribution in [0.2, 0.25) is 0 Å². The van der Waals surface area contributed by atoms with Gasteiger partial charge in [-0.15, -0.1) is 0 Å². The zero-order valence-electron chi connectivity index (χ0n) is 12.9. The molecule has 6 nitrogen and oxygen atoms in total. The first-order chi connectivity index (χ1) is 11.8. The summed E-state index contributed by atoms with van der Waals surface area (Å²) in [4.78, 5) is 17.9. The number of ether oxygens (including phenoxy) is 1. The molecule has 0 saturated carbocycles. The minimum Gasteiger partial charge on any atom is -0.442 e. The highest BCUT2D eigenvalue weighted by Gasteiger charge is 2.32. The number of pyridine rings is 1. The number of benzene rings is 1. The van der Waals surface area contributed by atoms with E-state index in [-0.39, 0.29) is 12.2 Å². The monoisotopic (exact) mass is 320 g/mol. The molecule has 0 spiro atoms. The maximum atomic E-state index is 12.1. The average molecular weight is 320 g/mol. The normalized spacial score (nSPS) is 17.1. The minimum absolute atomic E-state index is 0.243. The number of para-hydroxylation sites is 1. The molecule has 4 rings (SSSR count). The first kappa shape index (κ1) is 14.4. The quantitative estimate of drug-likeness (QED) is 0.741. The second kappa shape index (κ2) is 6.16. The van der Waals surface area contributed by atoms with Gasteiger partial charge in [-0.05, 0) is 30.3 Å². The van der Waals surface area contributed by atoms with Crippen LogP contribution in [0, 0.1) is 0 Å². The third-order valence-electron chi connectivity index (χ3n) is 3.99. The maximum absolute atomic E-state index is 12.1. The first-order valence-electron chi connectivity index (χ1n) is 7.77. The van der Waals surface area contributed by atoms with Crippen LogP contribution in [0.3, 0.4) is 0 Å². The van der Waals surface area contributed by atoms with Crippen molar-refractivity contribution in [3.63, 3.8) is 0 Å². The molecule has 1 aliphatic rings. The second-order valence-electron chi connectivity index (χ2n) is 5.59. The van der Waals surface area contributed by atoms with Crippen LogP contribution in [-0.2, 0) is 11.3 Å². The van der Waals surface area contributed by atoms with Gasteiger partial charge in [-0.2, -0.15) is 5.10 Å². The van der Waals surface area contributed by atoms with Crippen LogP contribution >= 0.6 is 0 Å². The summed E-state index contributed by atoms with van der Waals surface area (Å²) in [5, 5.41) is 4.36. The van der Waals surface area contributed by atoms with Crippen molar-refractivity contribution in [1.29, 1.82) is 0 Å². The Morgan fingerprint density at radius 3 is 2.75 bits per heavy atom. The number of anilines is 1. The van der Waals surface area contributed by atoms with Gasteiger partial charge in [-0.1, -0.05) is 18.2 Å². The fraction of sp³-hybridized carbons (Fsp3) is 0.167. The Morgan fingerprint density at radius 2 is 1.96 bits per heavy atom. The summed E-state index contributed by atoms with van der Waals surface area (Å²) in [5.74, 6) is 0. The summed E-state index contributed by atoms with van der Waals surface area (Å²) in [7, 11) is 0. The molecular weight excluding hydrogens is 304 g/mol. The number of nitrogens with zero attached hydrogens (tertiary/aromatic N) is 4. The molecule has 0 radical (unpaired) electrons. The summed E-state index contributed by atoms with van der Waals surface area (Å²) in [6, 6.07) is 15.3. The summed E-state index contributed by atoms with van der Waals surface area (Å²) >= 11 is 0. The van der Waals surface area contributed by atoms with Crippen molar-refractivity contribution in [3.8, 4) is 11.3 Å². The molecule has 1 aromatic carbocycles. The Bertz CT molecular complexity index is 832. The van der Waals surface area contributed by atoms with E-state index in [4.69, 9.17) is 4.74 Å². The lowest BCUT2D eigenvalue weighted by atomic mass is 10.2. The molecule has 120 valence electrons. The smallest absolute Gasteiger partial charge is 0.414 e. The number of hydrogen-bond acceptors (Lipinski definition) is 4. The third-order valence-corrected chi connectivity index (χ3v) is 3.99. The van der Waals surface area contributed by atoms with E-state index >= 15 is 0 Å². The molecule has 1 atom stereocenters. The average Bonchev–Trinajstić information content (AvgIpc) is 3.23. The van der Waals surface area contributed by atoms with Crippen molar-refractivity contribution in [2.24, 2.45) is 0 Å². The van der Waals surface area contributed by atoms with Gasteiger partial charge in [0.2, 0.25) is 0 Å². The molecule has 0 bridgehead atoms. The number of amides is 1. The molecule has 1 aliphatic heterocycles. The van der Waals surface area contributed by atoms with Crippen LogP contribution in [0.25, 0.3) is 11.3 Å². The molecule has 3 aromatic rings. The van der Waals surface area contributed by atoms with Gasteiger partial charge in [0.05, 0.1) is 18.8 Å². The van der Waals surface area contributed by atoms with Gasteiger partial charge in [-0.3, -0.25) is 14.6 Å². The summed E-state index contributed by atoms with van der Waals surface area (Å²) in [5.41, 5.74) is 2.79. The molecular formula is C18H16N4O2. The van der Waals surface area contributed by atoms with Gasteiger partial charge in [0.1, 0.15) is 6.10 Å². The van der Waals surface area contributed by atoms with Crippen LogP contribution in [0.1, 0.15) is 0 Å². The van der Waals surface area contributed by atoms with Crippen molar-refractivity contribution in [1.82, 2.24) is 14.8 Å². The van der Waals surface area contributed by atoms with E-state index in [2.05, 4.69) is 10.1 Å². The van der Waals surface area contributed by atoms with E-state index in [1.165, 1.54) is 0 Å². The van der Waals surface area contributed by atoms with Crippen molar-refractivity contribution >= 4 is 11.8 Å². The van der Waals surface area contributed by atoms with Crippen LogP contribution in [-0.4, -0.2) is 33.5 Å². The minimum atomic E-state index is -0.318. The predicted molar refractivity (Wildman–Crippen MR) is 89.5 cm³/mol. The zero-order chi connectivity index (χ0) is 16.4. The van der Waals surface area contributed by atoms with Gasteiger partial charge in [0.25, 0.3) is 0 Å². The summed E-state index contributed by atoms with van der Waals surface area (Å²) in [6.07, 6.45) is 4.72. The number of hydrogen-bond donors (Lipinski definition) is 0. The van der Waals surface area contributed by atoms with Crippen LogP contribution in [0.15, 0.2) is 67.1 Å². The Hall–Kier alpha value is -3.15. The Balaban J connectivity index is 1.52. The Labute approximate surface area is 139 Å². The number of aromatic nitrogens is 3. The zero-order valence-corrected chi connectivity index (χ0v) is 12.9. The third kappa shape index (κ3) is 2.74. The number of carbonyl (C=O) groups excluding carboxylic acids is 1. The van der Waals surface area contributed by atoms with Crippen LogP contribution in [0.5, 0.6) is 0 Å². The Morgan fingerprint density at radius 1 is 1.08 bits per heavy atom. The number of rotatable bonds is 4. The van der Waals surface area contributed by atoms with E-state index in [9.17, 15) is 4.79 Å². The molecule has 1 saturated heterocycles. The number of cyclic esters (lactones) is 1. The summed E-state index contributed by atoms with van der Waals surface area (Å²) in [6.45, 7) is 1.02. The standard InChI is InChI=1S/C18H16N4O2/c23-18-21(15-6-2-1-3-7-15)12-16(24-18)13-22-17(8-10-20-22)14-5-4-9-19-11-14/h1-11,16H,12-13H2. The molecule has 1 unspecified atom stereocenters. The molecule has 0 N–H and O–H groups in total. The largest absolute Gasteiger partial charge is 0.442 e. The second-order valence-corrected chi connectivity index (χ2v) is 5.59. The van der Waals surface area contributed by atoms with Gasteiger partial charge >= 0.3 is 6.09 Å². The fourth-order valence-corrected chi connectivity index (χ4v) is 2.87. The van der Waals surface area contributed by atoms with Crippen LogP contribution in [0.4, 0.5) is 10.5 Å². The molecule has 6 heteroatoms. The highest BCUT2D eigenvalue weighted by atomic mass is 16.6. The van der Waals surface area contributed by atoms with Gasteiger partial charge in [0, 0.05) is 29.8 Å². The highest BCUT2D eigenvalue weighted by molar-refractivity contribution is 5.89. The molecule has 24 heavy (non-hydrogen) atoms.